The molecule has 0 saturated carbocycles. The number of halogens is 3. The Bertz CT molecular complexity index is 535. The van der Waals surface area contributed by atoms with E-state index in [2.05, 4.69) is 26.0 Å². The van der Waals surface area contributed by atoms with E-state index in [9.17, 15) is 18.4 Å². The summed E-state index contributed by atoms with van der Waals surface area (Å²) in [5.74, 6) is -3.46. The van der Waals surface area contributed by atoms with E-state index in [1.807, 2.05) is 0 Å². The number of nitrogens with one attached hydrogen (secondary N) is 1. The summed E-state index contributed by atoms with van der Waals surface area (Å²) in [5, 5.41) is 2.30. The third-order valence-electron chi connectivity index (χ3n) is 2.56. The van der Waals surface area contributed by atoms with E-state index in [1.165, 1.54) is 0 Å². The molecule has 1 N–H and O–H groups in total. The number of esters is 1. The molecule has 110 valence electrons. The number of methoxy groups -OCH3 is 1. The van der Waals surface area contributed by atoms with Gasteiger partial charge >= 0.3 is 5.97 Å². The predicted molar refractivity (Wildman–Crippen MR) is 73.9 cm³/mol. The number of ether oxygens (including phenoxy) is 1. The molecule has 20 heavy (non-hydrogen) atoms. The molecule has 0 aromatic heterocycles. The maximum atomic E-state index is 13.6. The van der Waals surface area contributed by atoms with E-state index in [0.29, 0.717) is 6.07 Å². The van der Waals surface area contributed by atoms with Gasteiger partial charge in [0.05, 0.1) is 23.2 Å². The molecule has 0 bridgehead atoms. The number of hydrogen-bond acceptors (Lipinski definition) is 3. The number of hydrogen-bond donors (Lipinski definition) is 1. The number of carbonyl (C=O) groups is 2. The highest BCUT2D eigenvalue weighted by molar-refractivity contribution is 9.10. The van der Waals surface area contributed by atoms with Crippen molar-refractivity contribution in [2.24, 2.45) is 5.92 Å². The van der Waals surface area contributed by atoms with Crippen LogP contribution in [0.3, 0.4) is 0 Å². The molecule has 0 fully saturated rings. The first kappa shape index (κ1) is 16.6. The van der Waals surface area contributed by atoms with Crippen LogP contribution < -0.4 is 5.32 Å². The number of carbonyl (C=O) groups excluding carboxylic acids is 2. The van der Waals surface area contributed by atoms with Crippen LogP contribution in [0.4, 0.5) is 14.5 Å². The summed E-state index contributed by atoms with van der Waals surface area (Å²) in [6.07, 6.45) is 0. The van der Waals surface area contributed by atoms with Crippen LogP contribution in [0.2, 0.25) is 0 Å². The summed E-state index contributed by atoms with van der Waals surface area (Å²) in [5.41, 5.74) is -0.721. The smallest absolute Gasteiger partial charge is 0.340 e. The zero-order valence-corrected chi connectivity index (χ0v) is 12.8. The summed E-state index contributed by atoms with van der Waals surface area (Å²) in [7, 11) is 1.08. The first-order valence-electron chi connectivity index (χ1n) is 5.80. The second-order valence-electron chi connectivity index (χ2n) is 4.44. The maximum Gasteiger partial charge on any atom is 0.340 e. The minimum atomic E-state index is -1.05. The van der Waals surface area contributed by atoms with Crippen molar-refractivity contribution in [2.45, 2.75) is 18.7 Å². The summed E-state index contributed by atoms with van der Waals surface area (Å²) in [6, 6.07) is 1.44. The number of amides is 1. The van der Waals surface area contributed by atoms with Gasteiger partial charge in [-0.1, -0.05) is 29.8 Å². The van der Waals surface area contributed by atoms with Gasteiger partial charge in [-0.25, -0.2) is 13.6 Å². The van der Waals surface area contributed by atoms with E-state index in [-0.39, 0.29) is 11.6 Å². The topological polar surface area (TPSA) is 55.4 Å². The number of anilines is 1. The van der Waals surface area contributed by atoms with E-state index >= 15 is 0 Å². The molecular formula is C13H14BrF2NO3. The second-order valence-corrected chi connectivity index (χ2v) is 5.43. The molecule has 0 aliphatic heterocycles. The van der Waals surface area contributed by atoms with Crippen LogP contribution in [-0.4, -0.2) is 23.8 Å². The van der Waals surface area contributed by atoms with E-state index < -0.39 is 33.9 Å². The molecule has 7 heteroatoms. The SMILES string of the molecule is COC(=O)c1cc(NC(=O)C(Br)C(C)C)c(F)cc1F. The van der Waals surface area contributed by atoms with Crippen molar-refractivity contribution in [2.75, 3.05) is 12.4 Å². The average Bonchev–Trinajstić information content (AvgIpc) is 2.39. The number of rotatable bonds is 4. The van der Waals surface area contributed by atoms with Crippen LogP contribution in [0.15, 0.2) is 12.1 Å². The van der Waals surface area contributed by atoms with Crippen molar-refractivity contribution in [3.8, 4) is 0 Å². The third kappa shape index (κ3) is 3.75. The molecule has 0 aliphatic rings. The fraction of sp³-hybridized carbons (Fsp3) is 0.385. The molecule has 0 aliphatic carbocycles. The highest BCUT2D eigenvalue weighted by atomic mass is 79.9. The quantitative estimate of drug-likeness (QED) is 0.671. The largest absolute Gasteiger partial charge is 0.465 e. The summed E-state index contributed by atoms with van der Waals surface area (Å²) < 4.78 is 31.4. The van der Waals surface area contributed by atoms with Crippen LogP contribution in [0.5, 0.6) is 0 Å². The zero-order valence-electron chi connectivity index (χ0n) is 11.2. The van der Waals surface area contributed by atoms with E-state index in [4.69, 9.17) is 0 Å². The monoisotopic (exact) mass is 349 g/mol. The van der Waals surface area contributed by atoms with Crippen LogP contribution in [0, 0.1) is 17.6 Å². The Hall–Kier alpha value is -1.50. The number of benzene rings is 1. The molecule has 4 nitrogen and oxygen atoms in total. The molecular weight excluding hydrogens is 336 g/mol. The fourth-order valence-electron chi connectivity index (χ4n) is 1.42. The van der Waals surface area contributed by atoms with Crippen LogP contribution in [-0.2, 0) is 9.53 Å². The Kier molecular flexibility index (Phi) is 5.62. The molecule has 0 saturated heterocycles. The van der Waals surface area contributed by atoms with Crippen molar-refractivity contribution in [1.29, 1.82) is 0 Å². The Morgan fingerprint density at radius 3 is 2.35 bits per heavy atom. The predicted octanol–water partition coefficient (Wildman–Crippen LogP) is 3.11. The Morgan fingerprint density at radius 1 is 1.25 bits per heavy atom. The highest BCUT2D eigenvalue weighted by Gasteiger charge is 2.22. The van der Waals surface area contributed by atoms with Gasteiger partial charge in [0.25, 0.3) is 0 Å². The van der Waals surface area contributed by atoms with Crippen molar-refractivity contribution < 1.29 is 23.1 Å². The van der Waals surface area contributed by atoms with Crippen molar-refractivity contribution >= 4 is 33.5 Å². The van der Waals surface area contributed by atoms with Gasteiger partial charge in [0.1, 0.15) is 11.6 Å². The molecule has 1 unspecified atom stereocenters. The molecule has 0 spiro atoms. The van der Waals surface area contributed by atoms with Crippen LogP contribution in [0.25, 0.3) is 0 Å². The van der Waals surface area contributed by atoms with Gasteiger partial charge < -0.3 is 10.1 Å². The van der Waals surface area contributed by atoms with Crippen LogP contribution >= 0.6 is 15.9 Å². The molecule has 1 aromatic rings. The zero-order chi connectivity index (χ0) is 15.4. The average molecular weight is 350 g/mol. The van der Waals surface area contributed by atoms with Gasteiger partial charge in [-0.2, -0.15) is 0 Å². The molecule has 1 aromatic carbocycles. The fourth-order valence-corrected chi connectivity index (χ4v) is 1.53. The lowest BCUT2D eigenvalue weighted by Crippen LogP contribution is -2.27. The first-order valence-corrected chi connectivity index (χ1v) is 6.71. The second kappa shape index (κ2) is 6.78. The maximum absolute atomic E-state index is 13.6. The van der Waals surface area contributed by atoms with E-state index in [0.717, 1.165) is 13.2 Å². The van der Waals surface area contributed by atoms with Crippen molar-refractivity contribution in [3.05, 3.63) is 29.3 Å². The lowest BCUT2D eigenvalue weighted by molar-refractivity contribution is -0.116. The molecule has 1 atom stereocenters. The van der Waals surface area contributed by atoms with Gasteiger partial charge in [-0.15, -0.1) is 0 Å². The minimum Gasteiger partial charge on any atom is -0.465 e. The van der Waals surface area contributed by atoms with E-state index in [1.54, 1.807) is 13.8 Å². The lowest BCUT2D eigenvalue weighted by atomic mass is 10.1. The summed E-state index contributed by atoms with van der Waals surface area (Å²) in [6.45, 7) is 3.61. The standard InChI is InChI=1S/C13H14BrF2NO3/c1-6(2)11(14)12(18)17-10-4-7(13(19)20-3)8(15)5-9(10)16/h4-6,11H,1-3H3,(H,17,18). The number of alkyl halides is 1. The Balaban J connectivity index is 3.07. The third-order valence-corrected chi connectivity index (χ3v) is 4.03. The minimum absolute atomic E-state index is 0.0152. The van der Waals surface area contributed by atoms with Crippen LogP contribution in [0.1, 0.15) is 24.2 Å². The van der Waals surface area contributed by atoms with Crippen molar-refractivity contribution in [3.63, 3.8) is 0 Å². The highest BCUT2D eigenvalue weighted by Crippen LogP contribution is 2.22. The molecule has 1 rings (SSSR count). The summed E-state index contributed by atoms with van der Waals surface area (Å²) >= 11 is 3.17. The molecule has 0 heterocycles. The van der Waals surface area contributed by atoms with Gasteiger partial charge in [-0.05, 0) is 12.0 Å². The molecule has 0 radical (unpaired) electrons. The lowest BCUT2D eigenvalue weighted by Gasteiger charge is -2.15. The van der Waals surface area contributed by atoms with Gasteiger partial charge in [0.15, 0.2) is 0 Å². The van der Waals surface area contributed by atoms with Gasteiger partial charge in [0, 0.05) is 6.07 Å². The molecule has 1 amide bonds. The van der Waals surface area contributed by atoms with Gasteiger partial charge in [0.2, 0.25) is 5.91 Å². The normalized spacial score (nSPS) is 12.2. The van der Waals surface area contributed by atoms with Crippen molar-refractivity contribution in [1.82, 2.24) is 0 Å². The summed E-state index contributed by atoms with van der Waals surface area (Å²) in [4.78, 5) is 22.6. The Labute approximate surface area is 123 Å². The first-order chi connectivity index (χ1) is 9.27. The Morgan fingerprint density at radius 2 is 1.85 bits per heavy atom. The van der Waals surface area contributed by atoms with Gasteiger partial charge in [-0.3, -0.25) is 4.79 Å².